The minimum Gasteiger partial charge on any atom is -0.462 e. The maximum Gasteiger partial charge on any atom is 0.382 e. The molecule has 0 spiro atoms. The van der Waals surface area contributed by atoms with E-state index in [-0.39, 0.29) is 18.5 Å². The van der Waals surface area contributed by atoms with Crippen LogP contribution in [-0.4, -0.2) is 26.0 Å². The van der Waals surface area contributed by atoms with E-state index in [9.17, 15) is 18.0 Å². The molecule has 15 heavy (non-hydrogen) atoms. The smallest absolute Gasteiger partial charge is 0.382 e. The van der Waals surface area contributed by atoms with Gasteiger partial charge in [0.1, 0.15) is 7.28 Å². The Morgan fingerprint density at radius 3 is 2.53 bits per heavy atom. The fourth-order valence-electron chi connectivity index (χ4n) is 0.781. The predicted octanol–water partition coefficient (Wildman–Crippen LogP) is 2.60. The summed E-state index contributed by atoms with van der Waals surface area (Å²) < 4.78 is 39.7. The second-order valence-electron chi connectivity index (χ2n) is 3.17. The minimum absolute atomic E-state index is 0.125. The van der Waals surface area contributed by atoms with Crippen molar-refractivity contribution in [3.63, 3.8) is 0 Å². The topological polar surface area (TPSA) is 26.3 Å². The molecule has 6 heteroatoms. The molecule has 0 saturated carbocycles. The molecule has 0 N–H and O–H groups in total. The third-order valence-electron chi connectivity index (χ3n) is 1.51. The van der Waals surface area contributed by atoms with Gasteiger partial charge in [-0.25, -0.2) is 4.79 Å². The molecule has 0 heterocycles. The zero-order valence-electron chi connectivity index (χ0n) is 8.56. The lowest BCUT2D eigenvalue weighted by molar-refractivity contribution is -0.139. The average Bonchev–Trinajstić information content (AvgIpc) is 2.08. The number of hydrogen-bond acceptors (Lipinski definition) is 2. The van der Waals surface area contributed by atoms with E-state index in [2.05, 4.69) is 6.58 Å². The van der Waals surface area contributed by atoms with Gasteiger partial charge in [0.25, 0.3) is 0 Å². The zero-order chi connectivity index (χ0) is 11.9. The summed E-state index contributed by atoms with van der Waals surface area (Å²) in [6.45, 7) is 5.01. The van der Waals surface area contributed by atoms with Gasteiger partial charge in [0, 0.05) is 11.9 Å². The second kappa shape index (κ2) is 6.53. The third kappa shape index (κ3) is 9.37. The normalized spacial score (nSPS) is 10.9. The number of alkyl halides is 3. The van der Waals surface area contributed by atoms with E-state index in [0.717, 1.165) is 7.28 Å². The van der Waals surface area contributed by atoms with Crippen LogP contribution >= 0.6 is 0 Å². The molecule has 1 radical (unpaired) electrons. The molecular weight excluding hydrogens is 208 g/mol. The first-order chi connectivity index (χ1) is 6.83. The summed E-state index contributed by atoms with van der Waals surface area (Å²) >= 11 is 0. The van der Waals surface area contributed by atoms with Crippen LogP contribution in [0.1, 0.15) is 13.3 Å². The van der Waals surface area contributed by atoms with Crippen molar-refractivity contribution in [1.82, 2.24) is 0 Å². The van der Waals surface area contributed by atoms with Crippen molar-refractivity contribution in [3.05, 3.63) is 12.2 Å². The molecule has 0 aliphatic rings. The van der Waals surface area contributed by atoms with Crippen molar-refractivity contribution in [2.75, 3.05) is 6.61 Å². The van der Waals surface area contributed by atoms with E-state index >= 15 is 0 Å². The van der Waals surface area contributed by atoms with E-state index in [4.69, 9.17) is 4.74 Å². The Bertz CT molecular complexity index is 226. The Kier molecular flexibility index (Phi) is 6.12. The highest BCUT2D eigenvalue weighted by molar-refractivity contribution is 6.35. The molecule has 0 aliphatic heterocycles. The fourth-order valence-corrected chi connectivity index (χ4v) is 0.781. The monoisotopic (exact) mass is 221 g/mol. The van der Waals surface area contributed by atoms with E-state index in [1.807, 2.05) is 0 Å². The lowest BCUT2D eigenvalue weighted by Crippen LogP contribution is -2.11. The van der Waals surface area contributed by atoms with Gasteiger partial charge in [-0.15, -0.1) is 0 Å². The Labute approximate surface area is 87.7 Å². The number of carbonyl (C=O) groups is 1. The van der Waals surface area contributed by atoms with Crippen LogP contribution < -0.4 is 0 Å². The summed E-state index contributed by atoms with van der Waals surface area (Å²) in [5.74, 6) is -0.508. The van der Waals surface area contributed by atoms with Crippen LogP contribution in [0.4, 0.5) is 13.2 Å². The molecule has 0 aromatic carbocycles. The quantitative estimate of drug-likeness (QED) is 0.298. The van der Waals surface area contributed by atoms with E-state index < -0.39 is 18.5 Å². The highest BCUT2D eigenvalue weighted by Crippen LogP contribution is 2.20. The van der Waals surface area contributed by atoms with E-state index in [1.54, 1.807) is 0 Å². The Balaban J connectivity index is 3.33. The molecule has 85 valence electrons. The predicted molar refractivity (Wildman–Crippen MR) is 51.8 cm³/mol. The van der Waals surface area contributed by atoms with Gasteiger partial charge in [-0.1, -0.05) is 12.9 Å². The number of ether oxygens (including phenoxy) is 1. The van der Waals surface area contributed by atoms with Crippen molar-refractivity contribution in [3.8, 4) is 0 Å². The molecule has 0 aromatic rings. The Hall–Kier alpha value is -0.935. The zero-order valence-corrected chi connectivity index (χ0v) is 8.56. The first-order valence-electron chi connectivity index (χ1n) is 4.54. The van der Waals surface area contributed by atoms with Gasteiger partial charge in [-0.05, 0) is 13.3 Å². The Morgan fingerprint density at radius 2 is 2.07 bits per heavy atom. The van der Waals surface area contributed by atoms with Crippen LogP contribution in [0.2, 0.25) is 12.6 Å². The molecule has 0 amide bonds. The van der Waals surface area contributed by atoms with Crippen LogP contribution in [0, 0.1) is 0 Å². The van der Waals surface area contributed by atoms with Crippen LogP contribution in [0.5, 0.6) is 0 Å². The van der Waals surface area contributed by atoms with Crippen LogP contribution in [0.25, 0.3) is 0 Å². The number of halogens is 3. The lowest BCUT2D eigenvalue weighted by Gasteiger charge is -2.05. The molecule has 0 rings (SSSR count). The summed E-state index contributed by atoms with van der Waals surface area (Å²) in [5, 5.41) is 0. The number of esters is 1. The standard InChI is InChI=1S/C9H13BF3O2/c1-7(2)8(14)15-5-3-4-10-6-9(11,12)13/h1,3-6H2,2H3. The number of carbonyl (C=O) groups excluding carboxylic acids is 1. The van der Waals surface area contributed by atoms with Crippen LogP contribution in [0.15, 0.2) is 12.2 Å². The van der Waals surface area contributed by atoms with Crippen LogP contribution in [-0.2, 0) is 9.53 Å². The maximum atomic E-state index is 11.7. The van der Waals surface area contributed by atoms with Gasteiger partial charge in [0.2, 0.25) is 0 Å². The van der Waals surface area contributed by atoms with E-state index in [0.29, 0.717) is 6.42 Å². The lowest BCUT2D eigenvalue weighted by atomic mass is 9.70. The molecule has 0 aromatic heterocycles. The van der Waals surface area contributed by atoms with Gasteiger partial charge in [0.05, 0.1) is 6.61 Å². The highest BCUT2D eigenvalue weighted by atomic mass is 19.4. The van der Waals surface area contributed by atoms with Crippen molar-refractivity contribution < 1.29 is 22.7 Å². The van der Waals surface area contributed by atoms with Crippen molar-refractivity contribution >= 4 is 13.2 Å². The van der Waals surface area contributed by atoms with Crippen molar-refractivity contribution in [1.29, 1.82) is 0 Å². The summed E-state index contributed by atoms with van der Waals surface area (Å²) in [6, 6.07) is 0. The van der Waals surface area contributed by atoms with Gasteiger partial charge < -0.3 is 4.74 Å². The van der Waals surface area contributed by atoms with Crippen molar-refractivity contribution in [2.45, 2.75) is 32.2 Å². The Morgan fingerprint density at radius 1 is 1.47 bits per heavy atom. The summed E-state index contributed by atoms with van der Waals surface area (Å²) in [7, 11) is 1.13. The highest BCUT2D eigenvalue weighted by Gasteiger charge is 2.25. The number of rotatable bonds is 6. The van der Waals surface area contributed by atoms with Gasteiger partial charge in [-0.2, -0.15) is 13.2 Å². The van der Waals surface area contributed by atoms with Crippen LogP contribution in [0.3, 0.4) is 0 Å². The summed E-state index contributed by atoms with van der Waals surface area (Å²) in [6.07, 6.45) is -4.37. The maximum absolute atomic E-state index is 11.7. The summed E-state index contributed by atoms with van der Waals surface area (Å²) in [4.78, 5) is 10.8. The SMILES string of the molecule is C=C(C)C(=O)OCCC[B]CC(F)(F)F. The van der Waals surface area contributed by atoms with Gasteiger partial charge in [0.15, 0.2) is 0 Å². The largest absolute Gasteiger partial charge is 0.462 e. The molecular formula is C9H13BF3O2. The molecule has 0 bridgehead atoms. The third-order valence-corrected chi connectivity index (χ3v) is 1.51. The molecule has 0 atom stereocenters. The molecule has 0 fully saturated rings. The fraction of sp³-hybridized carbons (Fsp3) is 0.667. The van der Waals surface area contributed by atoms with Crippen molar-refractivity contribution in [2.24, 2.45) is 0 Å². The summed E-state index contributed by atoms with van der Waals surface area (Å²) in [5.41, 5.74) is 0.286. The van der Waals surface area contributed by atoms with Gasteiger partial charge in [-0.3, -0.25) is 0 Å². The average molecular weight is 221 g/mol. The van der Waals surface area contributed by atoms with E-state index in [1.165, 1.54) is 6.92 Å². The molecule has 0 saturated heterocycles. The number of hydrogen-bond donors (Lipinski definition) is 0. The molecule has 2 nitrogen and oxygen atoms in total. The van der Waals surface area contributed by atoms with Gasteiger partial charge >= 0.3 is 12.1 Å². The second-order valence-corrected chi connectivity index (χ2v) is 3.17. The first kappa shape index (κ1) is 14.1. The molecule has 0 unspecified atom stereocenters. The minimum atomic E-state index is -4.14. The molecule has 0 aliphatic carbocycles. The first-order valence-corrected chi connectivity index (χ1v) is 4.54.